The highest BCUT2D eigenvalue weighted by Gasteiger charge is 2.11. The lowest BCUT2D eigenvalue weighted by molar-refractivity contribution is 0.102. The van der Waals surface area contributed by atoms with Gasteiger partial charge in [-0.05, 0) is 30.3 Å². The second-order valence-corrected chi connectivity index (χ2v) is 5.66. The molecular formula is C16H15ClN6O. The van der Waals surface area contributed by atoms with Crippen molar-refractivity contribution in [1.82, 2.24) is 19.7 Å². The van der Waals surface area contributed by atoms with E-state index in [2.05, 4.69) is 20.4 Å². The molecule has 0 bridgehead atoms. The van der Waals surface area contributed by atoms with E-state index in [-0.39, 0.29) is 5.91 Å². The highest BCUT2D eigenvalue weighted by atomic mass is 35.5. The number of aromatic nitrogens is 4. The summed E-state index contributed by atoms with van der Waals surface area (Å²) in [6.07, 6.45) is 4.58. The van der Waals surface area contributed by atoms with Gasteiger partial charge in [0.05, 0.1) is 10.7 Å². The molecule has 7 nitrogen and oxygen atoms in total. The van der Waals surface area contributed by atoms with Gasteiger partial charge in [0.1, 0.15) is 18.3 Å². The van der Waals surface area contributed by atoms with E-state index in [0.29, 0.717) is 22.1 Å². The van der Waals surface area contributed by atoms with Crippen molar-refractivity contribution < 1.29 is 4.79 Å². The molecule has 0 spiro atoms. The van der Waals surface area contributed by atoms with Crippen LogP contribution < -0.4 is 10.2 Å². The zero-order chi connectivity index (χ0) is 17.1. The van der Waals surface area contributed by atoms with Crippen molar-refractivity contribution in [3.8, 4) is 5.69 Å². The van der Waals surface area contributed by atoms with Gasteiger partial charge in [-0.1, -0.05) is 11.6 Å². The van der Waals surface area contributed by atoms with Crippen LogP contribution in [-0.4, -0.2) is 39.8 Å². The molecule has 2 aromatic heterocycles. The maximum atomic E-state index is 12.4. The molecule has 3 aromatic rings. The molecule has 0 atom stereocenters. The van der Waals surface area contributed by atoms with Crippen molar-refractivity contribution in [1.29, 1.82) is 0 Å². The van der Waals surface area contributed by atoms with E-state index in [1.54, 1.807) is 41.5 Å². The lowest BCUT2D eigenvalue weighted by atomic mass is 10.2. The number of rotatable bonds is 4. The van der Waals surface area contributed by atoms with Gasteiger partial charge in [-0.3, -0.25) is 9.78 Å². The molecule has 0 aliphatic carbocycles. The Kier molecular flexibility index (Phi) is 4.43. The molecule has 24 heavy (non-hydrogen) atoms. The third-order valence-corrected chi connectivity index (χ3v) is 3.67. The van der Waals surface area contributed by atoms with Crippen molar-refractivity contribution in [2.45, 2.75) is 0 Å². The van der Waals surface area contributed by atoms with Crippen LogP contribution >= 0.6 is 11.6 Å². The molecule has 8 heteroatoms. The zero-order valence-corrected chi connectivity index (χ0v) is 13.9. The summed E-state index contributed by atoms with van der Waals surface area (Å²) >= 11 is 6.25. The van der Waals surface area contributed by atoms with Gasteiger partial charge < -0.3 is 10.2 Å². The molecule has 0 unspecified atom stereocenters. The van der Waals surface area contributed by atoms with Crippen molar-refractivity contribution in [3.05, 3.63) is 59.9 Å². The van der Waals surface area contributed by atoms with E-state index in [0.717, 1.165) is 5.69 Å². The highest BCUT2D eigenvalue weighted by molar-refractivity contribution is 6.32. The van der Waals surface area contributed by atoms with Crippen LogP contribution in [0.15, 0.2) is 49.2 Å². The van der Waals surface area contributed by atoms with Gasteiger partial charge in [0.15, 0.2) is 0 Å². The number of pyridine rings is 1. The summed E-state index contributed by atoms with van der Waals surface area (Å²) < 4.78 is 1.55. The molecule has 1 N–H and O–H groups in total. The predicted octanol–water partition coefficient (Wildman–Crippen LogP) is 2.63. The van der Waals surface area contributed by atoms with E-state index in [1.807, 2.05) is 25.1 Å². The molecule has 0 saturated carbocycles. The number of halogens is 1. The van der Waals surface area contributed by atoms with Crippen LogP contribution in [-0.2, 0) is 0 Å². The molecule has 1 aromatic carbocycles. The number of hydrogen-bond acceptors (Lipinski definition) is 5. The Hall–Kier alpha value is -2.93. The second kappa shape index (κ2) is 6.67. The summed E-state index contributed by atoms with van der Waals surface area (Å²) in [5.41, 5.74) is 2.48. The van der Waals surface area contributed by atoms with Gasteiger partial charge in [-0.15, -0.1) is 0 Å². The topological polar surface area (TPSA) is 75.9 Å². The summed E-state index contributed by atoms with van der Waals surface area (Å²) in [5, 5.41) is 7.27. The van der Waals surface area contributed by atoms with Crippen LogP contribution in [0.2, 0.25) is 5.02 Å². The summed E-state index contributed by atoms with van der Waals surface area (Å²) in [6.45, 7) is 0. The van der Waals surface area contributed by atoms with Crippen LogP contribution in [0.3, 0.4) is 0 Å². The lowest BCUT2D eigenvalue weighted by Crippen LogP contribution is -2.15. The number of anilines is 2. The summed E-state index contributed by atoms with van der Waals surface area (Å²) in [7, 11) is 3.80. The normalized spacial score (nSPS) is 10.5. The van der Waals surface area contributed by atoms with Gasteiger partial charge in [-0.2, -0.15) is 5.10 Å². The Balaban J connectivity index is 1.80. The molecule has 0 radical (unpaired) electrons. The molecule has 0 fully saturated rings. The first-order valence-electron chi connectivity index (χ1n) is 7.14. The van der Waals surface area contributed by atoms with Gasteiger partial charge in [0.25, 0.3) is 5.91 Å². The van der Waals surface area contributed by atoms with Crippen LogP contribution in [0.4, 0.5) is 11.4 Å². The number of benzene rings is 1. The van der Waals surface area contributed by atoms with Crippen LogP contribution in [0, 0.1) is 0 Å². The molecule has 1 amide bonds. The minimum absolute atomic E-state index is 0.303. The summed E-state index contributed by atoms with van der Waals surface area (Å²) in [6, 6.07) is 8.72. The van der Waals surface area contributed by atoms with Crippen LogP contribution in [0.25, 0.3) is 5.69 Å². The smallest absolute Gasteiger partial charge is 0.274 e. The number of carbonyl (C=O) groups excluding carboxylic acids is 1. The number of amides is 1. The fourth-order valence-electron chi connectivity index (χ4n) is 2.12. The van der Waals surface area contributed by atoms with E-state index >= 15 is 0 Å². The number of hydrogen-bond donors (Lipinski definition) is 1. The molecule has 3 rings (SSSR count). The Morgan fingerprint density at radius 3 is 2.75 bits per heavy atom. The average molecular weight is 343 g/mol. The van der Waals surface area contributed by atoms with Crippen molar-refractivity contribution in [2.24, 2.45) is 0 Å². The maximum absolute atomic E-state index is 12.4. The van der Waals surface area contributed by atoms with Crippen molar-refractivity contribution in [2.75, 3.05) is 24.3 Å². The fraction of sp³-hybridized carbons (Fsp3) is 0.125. The first-order valence-corrected chi connectivity index (χ1v) is 7.51. The van der Waals surface area contributed by atoms with Crippen molar-refractivity contribution >= 4 is 28.9 Å². The zero-order valence-electron chi connectivity index (χ0n) is 13.1. The van der Waals surface area contributed by atoms with Crippen molar-refractivity contribution in [3.63, 3.8) is 0 Å². The van der Waals surface area contributed by atoms with Crippen LogP contribution in [0.5, 0.6) is 0 Å². The first-order chi connectivity index (χ1) is 11.5. The number of carbonyl (C=O) groups is 1. The molecular weight excluding hydrogens is 328 g/mol. The van der Waals surface area contributed by atoms with E-state index < -0.39 is 0 Å². The number of nitrogens with one attached hydrogen (secondary N) is 1. The highest BCUT2D eigenvalue weighted by Crippen LogP contribution is 2.24. The lowest BCUT2D eigenvalue weighted by Gasteiger charge is -2.13. The maximum Gasteiger partial charge on any atom is 0.274 e. The minimum atomic E-state index is -0.303. The molecule has 0 aliphatic heterocycles. The Bertz CT molecular complexity index is 863. The van der Waals surface area contributed by atoms with E-state index in [4.69, 9.17) is 11.6 Å². The quantitative estimate of drug-likeness (QED) is 0.788. The average Bonchev–Trinajstić information content (AvgIpc) is 3.09. The Labute approximate surface area is 143 Å². The fourth-order valence-corrected chi connectivity index (χ4v) is 2.39. The molecule has 0 saturated heterocycles. The monoisotopic (exact) mass is 342 g/mol. The van der Waals surface area contributed by atoms with E-state index in [9.17, 15) is 4.79 Å². The Morgan fingerprint density at radius 2 is 2.08 bits per heavy atom. The number of nitrogens with zero attached hydrogens (tertiary/aromatic N) is 5. The predicted molar refractivity (Wildman–Crippen MR) is 92.9 cm³/mol. The first kappa shape index (κ1) is 15.9. The van der Waals surface area contributed by atoms with Gasteiger partial charge in [0, 0.05) is 31.7 Å². The van der Waals surface area contributed by atoms with Gasteiger partial charge >= 0.3 is 0 Å². The standard InChI is InChI=1S/C16H15ClN6O/c1-22(2)12-5-6-19-14(8-12)16(24)21-11-3-4-15(13(17)7-11)23-10-18-9-20-23/h3-10H,1-2H3,(H,21,24). The third kappa shape index (κ3) is 3.36. The second-order valence-electron chi connectivity index (χ2n) is 5.25. The largest absolute Gasteiger partial charge is 0.378 e. The molecule has 122 valence electrons. The Morgan fingerprint density at radius 1 is 1.25 bits per heavy atom. The minimum Gasteiger partial charge on any atom is -0.378 e. The van der Waals surface area contributed by atoms with Crippen LogP contribution in [0.1, 0.15) is 10.5 Å². The summed E-state index contributed by atoms with van der Waals surface area (Å²) in [5.74, 6) is -0.303. The summed E-state index contributed by atoms with van der Waals surface area (Å²) in [4.78, 5) is 22.2. The van der Waals surface area contributed by atoms with Gasteiger partial charge in [0.2, 0.25) is 0 Å². The third-order valence-electron chi connectivity index (χ3n) is 3.36. The molecule has 2 heterocycles. The van der Waals surface area contributed by atoms with Gasteiger partial charge in [-0.25, -0.2) is 9.67 Å². The SMILES string of the molecule is CN(C)c1ccnc(C(=O)Nc2ccc(-n3cncn3)c(Cl)c2)c1. The van der Waals surface area contributed by atoms with E-state index in [1.165, 1.54) is 6.33 Å². The molecule has 0 aliphatic rings.